The van der Waals surface area contributed by atoms with Crippen LogP contribution in [0.5, 0.6) is 0 Å². The average Bonchev–Trinajstić information content (AvgIpc) is 3.96. The van der Waals surface area contributed by atoms with E-state index in [1.807, 2.05) is 72.8 Å². The second kappa shape index (κ2) is 12.3. The SMILES string of the molecule is c1ccc(-c2nc(-c3cc(-c4ccc5c(c4)c4ccccc4n5-c4ccccc4)c4c(c3)oc3ccccc34)nc(-c3cccc4c3oc3ccccc34)n2)cc1. The second-order valence-corrected chi connectivity index (χ2v) is 14.4. The van der Waals surface area contributed by atoms with E-state index < -0.39 is 0 Å². The monoisotopic (exact) mass is 730 g/mol. The number of rotatable bonds is 5. The topological polar surface area (TPSA) is 69.9 Å². The highest BCUT2D eigenvalue weighted by Crippen LogP contribution is 2.43. The van der Waals surface area contributed by atoms with Crippen LogP contribution in [0.1, 0.15) is 0 Å². The summed E-state index contributed by atoms with van der Waals surface area (Å²) in [6.07, 6.45) is 0. The fraction of sp³-hybridized carbons (Fsp3) is 0. The predicted octanol–water partition coefficient (Wildman–Crippen LogP) is 13.4. The van der Waals surface area contributed by atoms with Crippen molar-refractivity contribution in [1.82, 2.24) is 19.5 Å². The molecule has 4 heterocycles. The largest absolute Gasteiger partial charge is 0.456 e. The third-order valence-electron chi connectivity index (χ3n) is 11.0. The van der Waals surface area contributed by atoms with Gasteiger partial charge in [0, 0.05) is 49.1 Å². The van der Waals surface area contributed by atoms with Gasteiger partial charge in [-0.3, -0.25) is 0 Å². The standard InChI is InChI=1S/C51H30N4O2/c1-3-14-31(15-4-1)49-52-50(54-51(53-49)39-22-13-21-37-36-19-8-11-24-44(36)57-48(37)39)33-29-40(47-38-20-9-12-25-45(38)56-46(47)30-33)32-26-27-43-41(28-32)35-18-7-10-23-42(35)55(43)34-16-5-2-6-17-34/h1-30H. The number of hydrogen-bond donors (Lipinski definition) is 0. The Hall–Kier alpha value is -7.83. The van der Waals surface area contributed by atoms with E-state index in [4.69, 9.17) is 23.8 Å². The molecule has 0 atom stereocenters. The van der Waals surface area contributed by atoms with Crippen LogP contribution in [-0.2, 0) is 0 Å². The lowest BCUT2D eigenvalue weighted by Crippen LogP contribution is -2.00. The molecule has 57 heavy (non-hydrogen) atoms. The van der Waals surface area contributed by atoms with Crippen molar-refractivity contribution < 1.29 is 8.83 Å². The third-order valence-corrected chi connectivity index (χ3v) is 11.0. The van der Waals surface area contributed by atoms with Crippen molar-refractivity contribution in [2.45, 2.75) is 0 Å². The van der Waals surface area contributed by atoms with E-state index in [0.717, 1.165) is 88.4 Å². The lowest BCUT2D eigenvalue weighted by atomic mass is 9.95. The zero-order chi connectivity index (χ0) is 37.5. The molecule has 12 aromatic rings. The summed E-state index contributed by atoms with van der Waals surface area (Å²) in [6, 6.07) is 62.7. The maximum Gasteiger partial charge on any atom is 0.167 e. The van der Waals surface area contributed by atoms with Crippen LogP contribution < -0.4 is 0 Å². The minimum atomic E-state index is 0.532. The van der Waals surface area contributed by atoms with E-state index in [9.17, 15) is 0 Å². The highest BCUT2D eigenvalue weighted by atomic mass is 16.3. The van der Waals surface area contributed by atoms with Crippen LogP contribution in [0.3, 0.4) is 0 Å². The van der Waals surface area contributed by atoms with Gasteiger partial charge in [-0.2, -0.15) is 0 Å². The number of benzene rings is 8. The van der Waals surface area contributed by atoms with Crippen molar-refractivity contribution >= 4 is 65.7 Å². The zero-order valence-corrected chi connectivity index (χ0v) is 30.4. The smallest absolute Gasteiger partial charge is 0.167 e. The first-order valence-electron chi connectivity index (χ1n) is 19.0. The van der Waals surface area contributed by atoms with Crippen molar-refractivity contribution in [1.29, 1.82) is 0 Å². The van der Waals surface area contributed by atoms with Crippen LogP contribution in [0.4, 0.5) is 0 Å². The minimum absolute atomic E-state index is 0.532. The van der Waals surface area contributed by atoms with E-state index >= 15 is 0 Å². The first kappa shape index (κ1) is 31.5. The minimum Gasteiger partial charge on any atom is -0.456 e. The molecule has 266 valence electrons. The molecule has 0 unspecified atom stereocenters. The van der Waals surface area contributed by atoms with Gasteiger partial charge in [-0.25, -0.2) is 15.0 Å². The molecule has 0 aliphatic heterocycles. The summed E-state index contributed by atoms with van der Waals surface area (Å²) < 4.78 is 15.4. The molecule has 0 radical (unpaired) electrons. The zero-order valence-electron chi connectivity index (χ0n) is 30.4. The Kier molecular flexibility index (Phi) is 6.83. The Morgan fingerprint density at radius 1 is 0.351 bits per heavy atom. The van der Waals surface area contributed by atoms with E-state index in [2.05, 4.69) is 114 Å². The Bertz CT molecular complexity index is 3530. The van der Waals surface area contributed by atoms with Crippen LogP contribution in [-0.4, -0.2) is 19.5 Å². The summed E-state index contributed by atoms with van der Waals surface area (Å²) in [6.45, 7) is 0. The van der Waals surface area contributed by atoms with E-state index in [-0.39, 0.29) is 0 Å². The van der Waals surface area contributed by atoms with Gasteiger partial charge in [0.2, 0.25) is 0 Å². The highest BCUT2D eigenvalue weighted by Gasteiger charge is 2.21. The van der Waals surface area contributed by atoms with Gasteiger partial charge in [0.15, 0.2) is 17.5 Å². The van der Waals surface area contributed by atoms with Gasteiger partial charge in [0.05, 0.1) is 16.6 Å². The van der Waals surface area contributed by atoms with Gasteiger partial charge >= 0.3 is 0 Å². The van der Waals surface area contributed by atoms with Gasteiger partial charge in [-0.1, -0.05) is 121 Å². The second-order valence-electron chi connectivity index (χ2n) is 14.4. The molecule has 0 saturated heterocycles. The molecule has 12 rings (SSSR count). The maximum atomic E-state index is 6.63. The summed E-state index contributed by atoms with van der Waals surface area (Å²) in [5, 5.41) is 6.53. The van der Waals surface area contributed by atoms with Gasteiger partial charge in [-0.15, -0.1) is 0 Å². The molecule has 4 aromatic heterocycles. The van der Waals surface area contributed by atoms with Crippen molar-refractivity contribution in [2.75, 3.05) is 0 Å². The highest BCUT2D eigenvalue weighted by molar-refractivity contribution is 6.16. The fourth-order valence-corrected chi connectivity index (χ4v) is 8.47. The molecular weight excluding hydrogens is 701 g/mol. The summed E-state index contributed by atoms with van der Waals surface area (Å²) in [5.74, 6) is 1.65. The molecule has 6 nitrogen and oxygen atoms in total. The molecular formula is C51H30N4O2. The molecule has 0 amide bonds. The van der Waals surface area contributed by atoms with E-state index in [0.29, 0.717) is 17.5 Å². The summed E-state index contributed by atoms with van der Waals surface area (Å²) in [7, 11) is 0. The number of para-hydroxylation sites is 5. The Balaban J connectivity index is 1.12. The normalized spacial score (nSPS) is 11.9. The van der Waals surface area contributed by atoms with Crippen molar-refractivity contribution in [3.63, 3.8) is 0 Å². The van der Waals surface area contributed by atoms with Crippen LogP contribution in [0.15, 0.2) is 191 Å². The first-order valence-corrected chi connectivity index (χ1v) is 19.0. The Morgan fingerprint density at radius 2 is 0.982 bits per heavy atom. The van der Waals surface area contributed by atoms with E-state index in [1.165, 1.54) is 10.8 Å². The molecule has 0 fully saturated rings. The average molecular weight is 731 g/mol. The van der Waals surface area contributed by atoms with E-state index in [1.54, 1.807) is 0 Å². The van der Waals surface area contributed by atoms with Crippen LogP contribution >= 0.6 is 0 Å². The molecule has 0 spiro atoms. The van der Waals surface area contributed by atoms with Crippen LogP contribution in [0, 0.1) is 0 Å². The molecule has 6 heteroatoms. The molecule has 0 bridgehead atoms. The summed E-state index contributed by atoms with van der Waals surface area (Å²) in [4.78, 5) is 15.4. The lowest BCUT2D eigenvalue weighted by Gasteiger charge is -2.12. The number of aromatic nitrogens is 4. The molecule has 0 N–H and O–H groups in total. The number of hydrogen-bond acceptors (Lipinski definition) is 5. The Morgan fingerprint density at radius 3 is 1.81 bits per heavy atom. The summed E-state index contributed by atoms with van der Waals surface area (Å²) in [5.41, 5.74) is 11.2. The van der Waals surface area contributed by atoms with Crippen molar-refractivity contribution in [3.8, 4) is 51.0 Å². The van der Waals surface area contributed by atoms with Gasteiger partial charge in [0.25, 0.3) is 0 Å². The third kappa shape index (κ3) is 4.94. The van der Waals surface area contributed by atoms with Crippen molar-refractivity contribution in [3.05, 3.63) is 182 Å². The van der Waals surface area contributed by atoms with Gasteiger partial charge in [-0.05, 0) is 71.8 Å². The maximum absolute atomic E-state index is 6.63. The molecule has 8 aromatic carbocycles. The first-order chi connectivity index (χ1) is 28.2. The van der Waals surface area contributed by atoms with Crippen LogP contribution in [0.2, 0.25) is 0 Å². The number of fused-ring (bicyclic) bond motifs is 9. The predicted molar refractivity (Wildman–Crippen MR) is 230 cm³/mol. The number of nitrogens with zero attached hydrogens (tertiary/aromatic N) is 4. The van der Waals surface area contributed by atoms with Crippen LogP contribution in [0.25, 0.3) is 117 Å². The molecule has 0 aliphatic rings. The van der Waals surface area contributed by atoms with Crippen molar-refractivity contribution in [2.24, 2.45) is 0 Å². The quantitative estimate of drug-likeness (QED) is 0.176. The lowest BCUT2D eigenvalue weighted by molar-refractivity contribution is 0.668. The number of furan rings is 2. The summed E-state index contributed by atoms with van der Waals surface area (Å²) >= 11 is 0. The fourth-order valence-electron chi connectivity index (χ4n) is 8.47. The molecule has 0 aliphatic carbocycles. The Labute approximate surface area is 325 Å². The van der Waals surface area contributed by atoms with Gasteiger partial charge < -0.3 is 13.4 Å². The van der Waals surface area contributed by atoms with Gasteiger partial charge in [0.1, 0.15) is 22.3 Å². The molecule has 0 saturated carbocycles.